The van der Waals surface area contributed by atoms with Crippen LogP contribution in [0.15, 0.2) is 85.1 Å². The molecule has 2 heterocycles. The number of carbonyl (C=O) groups excluding carboxylic acids is 1. The minimum Gasteiger partial charge on any atom is -0.383 e. The van der Waals surface area contributed by atoms with Gasteiger partial charge in [0.15, 0.2) is 0 Å². The second-order valence-electron chi connectivity index (χ2n) is 8.33. The number of nitrogens with two attached hydrogens (primary N) is 1. The van der Waals surface area contributed by atoms with E-state index in [2.05, 4.69) is 24.1 Å². The summed E-state index contributed by atoms with van der Waals surface area (Å²) in [5, 5.41) is 8.76. The molecule has 5 aromatic rings. The summed E-state index contributed by atoms with van der Waals surface area (Å²) < 4.78 is 1.62. The highest BCUT2D eigenvalue weighted by atomic mass is 16.1. The van der Waals surface area contributed by atoms with E-state index in [1.807, 2.05) is 85.1 Å². The number of benzene rings is 3. The number of hydrogen-bond acceptors (Lipinski definition) is 3. The Morgan fingerprint density at radius 3 is 2.39 bits per heavy atom. The van der Waals surface area contributed by atoms with Crippen molar-refractivity contribution in [2.75, 3.05) is 11.1 Å². The highest BCUT2D eigenvalue weighted by molar-refractivity contribution is 6.13. The minimum absolute atomic E-state index is 0.290. The topological polar surface area (TPSA) is 88.7 Å². The van der Waals surface area contributed by atoms with Crippen molar-refractivity contribution >= 4 is 28.3 Å². The molecular formula is C27H25N5O. The largest absolute Gasteiger partial charge is 0.383 e. The molecule has 0 fully saturated rings. The molecule has 0 saturated carbocycles. The minimum atomic E-state index is -0.299. The molecule has 0 saturated heterocycles. The van der Waals surface area contributed by atoms with Crippen molar-refractivity contribution in [2.45, 2.75) is 19.8 Å². The highest BCUT2D eigenvalue weighted by Gasteiger charge is 2.26. The van der Waals surface area contributed by atoms with Crippen LogP contribution in [0.1, 0.15) is 35.7 Å². The number of nitrogens with zero attached hydrogens (tertiary/aromatic N) is 2. The van der Waals surface area contributed by atoms with Crippen LogP contribution in [-0.2, 0) is 0 Å². The van der Waals surface area contributed by atoms with Crippen LogP contribution in [0.25, 0.3) is 27.8 Å². The summed E-state index contributed by atoms with van der Waals surface area (Å²) in [6, 6.07) is 25.4. The molecule has 164 valence electrons. The number of nitrogens with one attached hydrogen (secondary N) is 2. The number of rotatable bonds is 5. The molecule has 0 aliphatic carbocycles. The van der Waals surface area contributed by atoms with Crippen molar-refractivity contribution in [1.82, 2.24) is 14.8 Å². The molecule has 1 amide bonds. The fourth-order valence-electron chi connectivity index (χ4n) is 4.02. The van der Waals surface area contributed by atoms with E-state index in [9.17, 15) is 4.79 Å². The molecule has 0 atom stereocenters. The van der Waals surface area contributed by atoms with Gasteiger partial charge >= 0.3 is 0 Å². The maximum atomic E-state index is 13.5. The molecule has 2 aromatic heterocycles. The van der Waals surface area contributed by atoms with E-state index in [4.69, 9.17) is 10.8 Å². The zero-order valence-corrected chi connectivity index (χ0v) is 18.5. The van der Waals surface area contributed by atoms with Crippen molar-refractivity contribution in [2.24, 2.45) is 0 Å². The van der Waals surface area contributed by atoms with E-state index in [1.165, 1.54) is 5.56 Å². The van der Waals surface area contributed by atoms with Crippen LogP contribution in [0.2, 0.25) is 0 Å². The predicted molar refractivity (Wildman–Crippen MR) is 134 cm³/mol. The van der Waals surface area contributed by atoms with Gasteiger partial charge in [0.25, 0.3) is 5.91 Å². The van der Waals surface area contributed by atoms with Crippen molar-refractivity contribution in [3.63, 3.8) is 0 Å². The molecule has 0 aliphatic heterocycles. The first-order valence-corrected chi connectivity index (χ1v) is 10.9. The summed E-state index contributed by atoms with van der Waals surface area (Å²) in [4.78, 5) is 16.8. The molecule has 0 spiro atoms. The lowest BCUT2D eigenvalue weighted by molar-refractivity contribution is 0.102. The Morgan fingerprint density at radius 1 is 0.970 bits per heavy atom. The van der Waals surface area contributed by atoms with Crippen molar-refractivity contribution in [3.8, 4) is 16.9 Å². The monoisotopic (exact) mass is 435 g/mol. The number of para-hydroxylation sites is 2. The van der Waals surface area contributed by atoms with Crippen molar-refractivity contribution < 1.29 is 4.79 Å². The Kier molecular flexibility index (Phi) is 5.18. The molecule has 0 radical (unpaired) electrons. The maximum Gasteiger partial charge on any atom is 0.261 e. The Labute approximate surface area is 192 Å². The van der Waals surface area contributed by atoms with Gasteiger partial charge in [0, 0.05) is 28.4 Å². The van der Waals surface area contributed by atoms with Gasteiger partial charge in [-0.1, -0.05) is 62.4 Å². The van der Waals surface area contributed by atoms with E-state index in [0.29, 0.717) is 22.9 Å². The quantitative estimate of drug-likeness (QED) is 0.317. The summed E-state index contributed by atoms with van der Waals surface area (Å²) in [6.07, 6.45) is 1.87. The van der Waals surface area contributed by atoms with Gasteiger partial charge in [-0.3, -0.25) is 4.79 Å². The van der Waals surface area contributed by atoms with Crippen LogP contribution in [0.3, 0.4) is 0 Å². The van der Waals surface area contributed by atoms with Gasteiger partial charge < -0.3 is 16.0 Å². The van der Waals surface area contributed by atoms with Crippen LogP contribution in [0.5, 0.6) is 0 Å². The molecule has 0 unspecified atom stereocenters. The zero-order chi connectivity index (χ0) is 22.9. The first kappa shape index (κ1) is 20.6. The van der Waals surface area contributed by atoms with Gasteiger partial charge in [0.1, 0.15) is 17.1 Å². The Bertz CT molecular complexity index is 1430. The van der Waals surface area contributed by atoms with E-state index >= 15 is 0 Å². The number of anilines is 2. The van der Waals surface area contributed by atoms with Crippen LogP contribution in [0.4, 0.5) is 11.5 Å². The molecule has 5 rings (SSSR count). The number of amides is 1. The second-order valence-corrected chi connectivity index (χ2v) is 8.33. The predicted octanol–water partition coefficient (Wildman–Crippen LogP) is 5.98. The van der Waals surface area contributed by atoms with Crippen molar-refractivity contribution in [1.29, 1.82) is 0 Å². The standard InChI is InChI=1S/C27H25N5O/c1-17(2)18-12-14-19(15-13-18)30-27(33)24-25(22-16-29-23-11-7-6-10-21(22)23)31-32(26(24)28)20-8-4-3-5-9-20/h3-17,29H,28H2,1-2H3,(H,30,33). The summed E-state index contributed by atoms with van der Waals surface area (Å²) >= 11 is 0. The first-order valence-electron chi connectivity index (χ1n) is 10.9. The molecule has 6 nitrogen and oxygen atoms in total. The molecule has 0 bridgehead atoms. The van der Waals surface area contributed by atoms with Gasteiger partial charge in [-0.2, -0.15) is 5.10 Å². The Hall–Kier alpha value is -4.32. The third kappa shape index (κ3) is 3.76. The van der Waals surface area contributed by atoms with E-state index < -0.39 is 0 Å². The van der Waals surface area contributed by atoms with Gasteiger partial charge in [0.05, 0.1) is 5.69 Å². The lowest BCUT2D eigenvalue weighted by atomic mass is 10.0. The average molecular weight is 436 g/mol. The lowest BCUT2D eigenvalue weighted by Gasteiger charge is -2.09. The SMILES string of the molecule is CC(C)c1ccc(NC(=O)c2c(-c3c[nH]c4ccccc34)nn(-c3ccccc3)c2N)cc1. The Morgan fingerprint density at radius 2 is 1.67 bits per heavy atom. The summed E-state index contributed by atoms with van der Waals surface area (Å²) in [6.45, 7) is 4.28. The number of H-pyrrole nitrogens is 1. The normalized spacial score (nSPS) is 11.2. The summed E-state index contributed by atoms with van der Waals surface area (Å²) in [5.74, 6) is 0.410. The van der Waals surface area contributed by atoms with Gasteiger partial charge in [-0.25, -0.2) is 4.68 Å². The number of nitrogen functional groups attached to an aromatic ring is 1. The van der Waals surface area contributed by atoms with Crippen LogP contribution >= 0.6 is 0 Å². The van der Waals surface area contributed by atoms with E-state index in [0.717, 1.165) is 22.2 Å². The molecule has 6 heteroatoms. The summed E-state index contributed by atoms with van der Waals surface area (Å²) in [5.41, 5.74) is 11.9. The third-order valence-corrected chi connectivity index (χ3v) is 5.83. The number of aromatic nitrogens is 3. The number of fused-ring (bicyclic) bond motifs is 1. The fourth-order valence-corrected chi connectivity index (χ4v) is 4.02. The smallest absolute Gasteiger partial charge is 0.261 e. The summed E-state index contributed by atoms with van der Waals surface area (Å²) in [7, 11) is 0. The molecular weight excluding hydrogens is 410 g/mol. The van der Waals surface area contributed by atoms with Crippen molar-refractivity contribution in [3.05, 3.63) is 96.2 Å². The molecule has 33 heavy (non-hydrogen) atoms. The Balaban J connectivity index is 1.62. The number of hydrogen-bond donors (Lipinski definition) is 3. The first-order chi connectivity index (χ1) is 16.0. The maximum absolute atomic E-state index is 13.5. The molecule has 3 aromatic carbocycles. The van der Waals surface area contributed by atoms with Crippen LogP contribution < -0.4 is 11.1 Å². The van der Waals surface area contributed by atoms with Crippen LogP contribution in [-0.4, -0.2) is 20.7 Å². The third-order valence-electron chi connectivity index (χ3n) is 5.83. The van der Waals surface area contributed by atoms with Gasteiger partial charge in [-0.05, 0) is 41.8 Å². The number of carbonyl (C=O) groups is 1. The highest BCUT2D eigenvalue weighted by Crippen LogP contribution is 2.34. The molecule has 0 aliphatic rings. The van der Waals surface area contributed by atoms with Gasteiger partial charge in [-0.15, -0.1) is 0 Å². The van der Waals surface area contributed by atoms with Crippen LogP contribution in [0, 0.1) is 0 Å². The average Bonchev–Trinajstić information content (AvgIpc) is 3.41. The molecule has 4 N–H and O–H groups in total. The number of aromatic amines is 1. The lowest BCUT2D eigenvalue weighted by Crippen LogP contribution is -2.15. The fraction of sp³-hybridized carbons (Fsp3) is 0.111. The van der Waals surface area contributed by atoms with E-state index in [1.54, 1.807) is 4.68 Å². The van der Waals surface area contributed by atoms with E-state index in [-0.39, 0.29) is 11.7 Å². The van der Waals surface area contributed by atoms with Gasteiger partial charge in [0.2, 0.25) is 0 Å². The zero-order valence-electron chi connectivity index (χ0n) is 18.5. The second kappa shape index (κ2) is 8.31.